The molecule has 0 radical (unpaired) electrons. The number of benzene rings is 1. The summed E-state index contributed by atoms with van der Waals surface area (Å²) >= 11 is 0. The zero-order valence-corrected chi connectivity index (χ0v) is 13.3. The van der Waals surface area contributed by atoms with Crippen LogP contribution in [-0.4, -0.2) is 18.6 Å². The number of rotatable bonds is 2. The highest BCUT2D eigenvalue weighted by Gasteiger charge is 2.04. The first-order valence-corrected chi connectivity index (χ1v) is 6.95. The third kappa shape index (κ3) is 7.50. The Morgan fingerprint density at radius 1 is 1.11 bits per heavy atom. The van der Waals surface area contributed by atoms with Crippen molar-refractivity contribution in [3.8, 4) is 0 Å². The number of hydrogen-bond acceptors (Lipinski definition) is 1. The molecule has 0 aliphatic rings. The standard InChI is InChI=1S/C12H15FN2.2C2H6/c1-4-12(14-3)15-9(2)10-7-5-6-8-11(10)13;2*1-2/h5-8H,4H2,1-3H3;2*1-2H3. The minimum atomic E-state index is -0.245. The van der Waals surface area contributed by atoms with E-state index < -0.39 is 0 Å². The molecular weight excluding hydrogens is 239 g/mol. The van der Waals surface area contributed by atoms with Crippen LogP contribution in [0.3, 0.4) is 0 Å². The van der Waals surface area contributed by atoms with Gasteiger partial charge in [0.05, 0.1) is 0 Å². The third-order valence-electron chi connectivity index (χ3n) is 2.13. The molecule has 0 amide bonds. The van der Waals surface area contributed by atoms with Crippen LogP contribution >= 0.6 is 0 Å². The molecule has 0 aromatic heterocycles. The molecular formula is C16H27FN2. The Balaban J connectivity index is 0. The average molecular weight is 266 g/mol. The van der Waals surface area contributed by atoms with E-state index >= 15 is 0 Å². The van der Waals surface area contributed by atoms with Crippen LogP contribution in [0.1, 0.15) is 53.5 Å². The summed E-state index contributed by atoms with van der Waals surface area (Å²) in [5.41, 5.74) is 1.20. The van der Waals surface area contributed by atoms with Crippen molar-refractivity contribution in [2.45, 2.75) is 48.0 Å². The molecule has 0 aliphatic heterocycles. The van der Waals surface area contributed by atoms with Gasteiger partial charge in [-0.2, -0.15) is 0 Å². The zero-order chi connectivity index (χ0) is 15.3. The SMILES string of the molecule is CC.CC.CCC(=NC)N=C(C)c1ccccc1F. The number of halogens is 1. The van der Waals surface area contributed by atoms with Gasteiger partial charge in [-0.25, -0.2) is 9.38 Å². The highest BCUT2D eigenvalue weighted by atomic mass is 19.1. The largest absolute Gasteiger partial charge is 0.274 e. The van der Waals surface area contributed by atoms with Crippen molar-refractivity contribution in [3.05, 3.63) is 35.6 Å². The molecule has 0 fully saturated rings. The molecule has 0 saturated heterocycles. The smallest absolute Gasteiger partial charge is 0.132 e. The average Bonchev–Trinajstić information content (AvgIpc) is 2.49. The lowest BCUT2D eigenvalue weighted by atomic mass is 10.1. The normalized spacial score (nSPS) is 10.9. The number of hydrogen-bond donors (Lipinski definition) is 0. The molecule has 1 aromatic rings. The van der Waals surface area contributed by atoms with Gasteiger partial charge in [0.2, 0.25) is 0 Å². The maximum absolute atomic E-state index is 13.4. The van der Waals surface area contributed by atoms with Crippen molar-refractivity contribution in [3.63, 3.8) is 0 Å². The second-order valence-corrected chi connectivity index (χ2v) is 3.17. The first kappa shape index (κ1) is 19.8. The predicted octanol–water partition coefficient (Wildman–Crippen LogP) is 5.13. The van der Waals surface area contributed by atoms with Gasteiger partial charge in [-0.1, -0.05) is 52.8 Å². The first-order chi connectivity index (χ1) is 9.19. The fourth-order valence-electron chi connectivity index (χ4n) is 1.30. The summed E-state index contributed by atoms with van der Waals surface area (Å²) < 4.78 is 13.4. The van der Waals surface area contributed by atoms with E-state index in [9.17, 15) is 4.39 Å². The Bertz CT molecular complexity index is 395. The fraction of sp³-hybridized carbons (Fsp3) is 0.500. The lowest BCUT2D eigenvalue weighted by Crippen LogP contribution is -2.03. The third-order valence-corrected chi connectivity index (χ3v) is 2.13. The van der Waals surface area contributed by atoms with Crippen LogP contribution in [0.4, 0.5) is 4.39 Å². The molecule has 2 nitrogen and oxygen atoms in total. The van der Waals surface area contributed by atoms with Crippen LogP contribution in [0.2, 0.25) is 0 Å². The summed E-state index contributed by atoms with van der Waals surface area (Å²) in [6.45, 7) is 11.8. The quantitative estimate of drug-likeness (QED) is 0.524. The van der Waals surface area contributed by atoms with Crippen LogP contribution in [-0.2, 0) is 0 Å². The van der Waals surface area contributed by atoms with Gasteiger partial charge in [0.25, 0.3) is 0 Å². The van der Waals surface area contributed by atoms with Gasteiger partial charge in [-0.15, -0.1) is 0 Å². The minimum absolute atomic E-state index is 0.245. The van der Waals surface area contributed by atoms with Gasteiger partial charge >= 0.3 is 0 Å². The van der Waals surface area contributed by atoms with E-state index in [4.69, 9.17) is 0 Å². The molecule has 0 unspecified atom stereocenters. The Kier molecular flexibility index (Phi) is 13.5. The van der Waals surface area contributed by atoms with Crippen LogP contribution in [0, 0.1) is 5.82 Å². The second kappa shape index (κ2) is 12.9. The zero-order valence-electron chi connectivity index (χ0n) is 13.3. The van der Waals surface area contributed by atoms with E-state index in [0.29, 0.717) is 11.3 Å². The maximum atomic E-state index is 13.4. The predicted molar refractivity (Wildman–Crippen MR) is 85.0 cm³/mol. The summed E-state index contributed by atoms with van der Waals surface area (Å²) in [7, 11) is 1.69. The number of aliphatic imine (C=N–C) groups is 2. The molecule has 0 spiro atoms. The molecule has 0 bridgehead atoms. The Labute approximate surface area is 117 Å². The monoisotopic (exact) mass is 266 g/mol. The van der Waals surface area contributed by atoms with E-state index in [2.05, 4.69) is 9.98 Å². The van der Waals surface area contributed by atoms with E-state index in [1.54, 1.807) is 32.2 Å². The fourth-order valence-corrected chi connectivity index (χ4v) is 1.30. The maximum Gasteiger partial charge on any atom is 0.132 e. The van der Waals surface area contributed by atoms with Crippen LogP contribution in [0.25, 0.3) is 0 Å². The molecule has 0 aliphatic carbocycles. The van der Waals surface area contributed by atoms with Crippen LogP contribution < -0.4 is 0 Å². The van der Waals surface area contributed by atoms with E-state index in [1.165, 1.54) is 6.07 Å². The van der Waals surface area contributed by atoms with E-state index in [1.807, 2.05) is 34.6 Å². The van der Waals surface area contributed by atoms with Crippen molar-refractivity contribution in [1.82, 2.24) is 0 Å². The van der Waals surface area contributed by atoms with Crippen LogP contribution in [0.15, 0.2) is 34.3 Å². The highest BCUT2D eigenvalue weighted by Crippen LogP contribution is 2.08. The van der Waals surface area contributed by atoms with Crippen molar-refractivity contribution in [1.29, 1.82) is 0 Å². The van der Waals surface area contributed by atoms with Crippen LogP contribution in [0.5, 0.6) is 0 Å². The minimum Gasteiger partial charge on any atom is -0.274 e. The molecule has 0 atom stereocenters. The summed E-state index contributed by atoms with van der Waals surface area (Å²) in [6, 6.07) is 6.62. The first-order valence-electron chi connectivity index (χ1n) is 6.95. The molecule has 1 rings (SSSR count). The molecule has 108 valence electrons. The van der Waals surface area contributed by atoms with Gasteiger partial charge < -0.3 is 0 Å². The lowest BCUT2D eigenvalue weighted by Gasteiger charge is -2.02. The Morgan fingerprint density at radius 2 is 1.63 bits per heavy atom. The van der Waals surface area contributed by atoms with Gasteiger partial charge in [-0.3, -0.25) is 4.99 Å². The summed E-state index contributed by atoms with van der Waals surface area (Å²) in [6.07, 6.45) is 0.752. The lowest BCUT2D eigenvalue weighted by molar-refractivity contribution is 0.625. The molecule has 3 heteroatoms. The van der Waals surface area contributed by atoms with Gasteiger partial charge in [0.1, 0.15) is 11.7 Å². The van der Waals surface area contributed by atoms with E-state index in [0.717, 1.165) is 12.3 Å². The Morgan fingerprint density at radius 3 is 2.05 bits per heavy atom. The van der Waals surface area contributed by atoms with Gasteiger partial charge in [0, 0.05) is 24.7 Å². The molecule has 1 aromatic carbocycles. The van der Waals surface area contributed by atoms with E-state index in [-0.39, 0.29) is 5.82 Å². The molecule has 0 N–H and O–H groups in total. The van der Waals surface area contributed by atoms with Gasteiger partial charge in [-0.05, 0) is 13.0 Å². The Hall–Kier alpha value is -1.51. The second-order valence-electron chi connectivity index (χ2n) is 3.17. The topological polar surface area (TPSA) is 24.7 Å². The number of amidine groups is 1. The molecule has 0 saturated carbocycles. The summed E-state index contributed by atoms with van der Waals surface area (Å²) in [4.78, 5) is 8.28. The van der Waals surface area contributed by atoms with Crippen molar-refractivity contribution in [2.24, 2.45) is 9.98 Å². The number of nitrogens with zero attached hydrogens (tertiary/aromatic N) is 2. The van der Waals surface area contributed by atoms with Crippen molar-refractivity contribution in [2.75, 3.05) is 7.05 Å². The molecule has 0 heterocycles. The van der Waals surface area contributed by atoms with Crippen molar-refractivity contribution >= 4 is 11.5 Å². The van der Waals surface area contributed by atoms with Crippen molar-refractivity contribution < 1.29 is 4.39 Å². The summed E-state index contributed by atoms with van der Waals surface area (Å²) in [5, 5.41) is 0. The highest BCUT2D eigenvalue weighted by molar-refractivity contribution is 6.06. The summed E-state index contributed by atoms with van der Waals surface area (Å²) in [5.74, 6) is 0.487. The van der Waals surface area contributed by atoms with Gasteiger partial charge in [0.15, 0.2) is 0 Å². The molecule has 19 heavy (non-hydrogen) atoms.